The number of para-hydroxylation sites is 6. The van der Waals surface area contributed by atoms with Gasteiger partial charge in [-0.25, -0.2) is 0 Å². The minimum absolute atomic E-state index is 0.610. The molecule has 0 bridgehead atoms. The minimum atomic E-state index is -3.66. The maximum absolute atomic E-state index is 16.3. The van der Waals surface area contributed by atoms with E-state index < -0.39 is 7.14 Å². The largest absolute Gasteiger partial charge is 0.455 e. The van der Waals surface area contributed by atoms with Gasteiger partial charge in [0.15, 0.2) is 7.14 Å². The zero-order valence-electron chi connectivity index (χ0n) is 21.7. The Hall–Kier alpha value is -5.05. The summed E-state index contributed by atoms with van der Waals surface area (Å²) in [6.07, 6.45) is 0. The standard InChI is InChI=1S/C36H21O4P/c37-41(31-19-7-13-25-22-10-1-4-16-28(22)38-34(25)31,32-20-8-14-26-23-11-2-5-17-29(23)39-35(26)32)33-21-9-15-27-24-12-3-6-18-30(24)40-36(27)33/h1-21H. The molecule has 41 heavy (non-hydrogen) atoms. The van der Waals surface area contributed by atoms with Crippen molar-refractivity contribution in [2.75, 3.05) is 0 Å². The van der Waals surface area contributed by atoms with E-state index in [9.17, 15) is 0 Å². The van der Waals surface area contributed by atoms with Crippen LogP contribution >= 0.6 is 7.14 Å². The molecule has 0 amide bonds. The fraction of sp³-hybridized carbons (Fsp3) is 0. The third-order valence-electron chi connectivity index (χ3n) is 8.17. The van der Waals surface area contributed by atoms with Crippen molar-refractivity contribution in [3.05, 3.63) is 127 Å². The van der Waals surface area contributed by atoms with Gasteiger partial charge in [0, 0.05) is 32.3 Å². The van der Waals surface area contributed by atoms with Crippen molar-refractivity contribution >= 4 is 88.9 Å². The molecule has 0 aliphatic rings. The van der Waals surface area contributed by atoms with E-state index in [0.29, 0.717) is 32.7 Å². The summed E-state index contributed by atoms with van der Waals surface area (Å²) in [7, 11) is -3.66. The Morgan fingerprint density at radius 2 is 0.634 bits per heavy atom. The molecule has 0 radical (unpaired) electrons. The molecule has 0 aliphatic carbocycles. The normalized spacial score (nSPS) is 12.5. The van der Waals surface area contributed by atoms with Gasteiger partial charge in [-0.15, -0.1) is 0 Å². The van der Waals surface area contributed by atoms with E-state index in [0.717, 1.165) is 49.1 Å². The summed E-state index contributed by atoms with van der Waals surface area (Å²) >= 11 is 0. The monoisotopic (exact) mass is 548 g/mol. The molecule has 0 saturated carbocycles. The molecule has 3 aromatic heterocycles. The maximum Gasteiger partial charge on any atom is 0.182 e. The van der Waals surface area contributed by atoms with Crippen molar-refractivity contribution in [3.8, 4) is 0 Å². The highest BCUT2D eigenvalue weighted by atomic mass is 31.2. The molecule has 0 saturated heterocycles. The summed E-state index contributed by atoms with van der Waals surface area (Å²) in [5.74, 6) is 0. The van der Waals surface area contributed by atoms with Crippen molar-refractivity contribution in [2.45, 2.75) is 0 Å². The van der Waals surface area contributed by atoms with Crippen LogP contribution in [0.1, 0.15) is 0 Å². The first kappa shape index (κ1) is 22.7. The second-order valence-electron chi connectivity index (χ2n) is 10.4. The number of hydrogen-bond acceptors (Lipinski definition) is 4. The molecule has 0 N–H and O–H groups in total. The van der Waals surface area contributed by atoms with Gasteiger partial charge in [-0.1, -0.05) is 91.0 Å². The van der Waals surface area contributed by atoms with E-state index in [1.165, 1.54) is 0 Å². The van der Waals surface area contributed by atoms with Gasteiger partial charge in [0.05, 0.1) is 15.9 Å². The fourth-order valence-corrected chi connectivity index (χ4v) is 9.35. The van der Waals surface area contributed by atoms with Gasteiger partial charge in [0.25, 0.3) is 0 Å². The van der Waals surface area contributed by atoms with Gasteiger partial charge in [-0.2, -0.15) is 0 Å². The second-order valence-corrected chi connectivity index (χ2v) is 13.0. The Labute approximate surface area is 233 Å². The van der Waals surface area contributed by atoms with Crippen LogP contribution in [0.15, 0.2) is 141 Å². The van der Waals surface area contributed by atoms with E-state index in [-0.39, 0.29) is 0 Å². The van der Waals surface area contributed by atoms with Crippen LogP contribution in [0, 0.1) is 0 Å². The van der Waals surface area contributed by atoms with Crippen LogP contribution in [0.3, 0.4) is 0 Å². The predicted octanol–water partition coefficient (Wildman–Crippen LogP) is 9.02. The summed E-state index contributed by atoms with van der Waals surface area (Å²) in [5, 5.41) is 7.58. The molecule has 4 nitrogen and oxygen atoms in total. The van der Waals surface area contributed by atoms with Crippen molar-refractivity contribution < 1.29 is 17.8 Å². The van der Waals surface area contributed by atoms with E-state index >= 15 is 4.57 Å². The van der Waals surface area contributed by atoms with Crippen molar-refractivity contribution in [2.24, 2.45) is 0 Å². The summed E-state index contributed by atoms with van der Waals surface area (Å²) in [5.41, 5.74) is 4.09. The number of hydrogen-bond donors (Lipinski definition) is 0. The quantitative estimate of drug-likeness (QED) is 0.207. The summed E-state index contributed by atoms with van der Waals surface area (Å²) in [4.78, 5) is 0. The Morgan fingerprint density at radius 1 is 0.341 bits per heavy atom. The van der Waals surface area contributed by atoms with Crippen LogP contribution in [0.25, 0.3) is 65.8 Å². The number of furan rings is 3. The molecule has 194 valence electrons. The first-order valence-electron chi connectivity index (χ1n) is 13.5. The van der Waals surface area contributed by atoms with E-state index in [2.05, 4.69) is 0 Å². The molecule has 0 fully saturated rings. The minimum Gasteiger partial charge on any atom is -0.455 e. The molecule has 0 aliphatic heterocycles. The Bertz CT molecular complexity index is 2250. The third kappa shape index (κ3) is 3.03. The average Bonchev–Trinajstić information content (AvgIpc) is 3.71. The number of benzene rings is 6. The first-order chi connectivity index (χ1) is 20.2. The molecule has 5 heteroatoms. The van der Waals surface area contributed by atoms with Crippen LogP contribution in [0.2, 0.25) is 0 Å². The summed E-state index contributed by atoms with van der Waals surface area (Å²) in [6.45, 7) is 0. The lowest BCUT2D eigenvalue weighted by Gasteiger charge is -2.20. The molecule has 6 aromatic carbocycles. The van der Waals surface area contributed by atoms with Crippen LogP contribution in [-0.2, 0) is 4.57 Å². The Morgan fingerprint density at radius 3 is 0.976 bits per heavy atom. The van der Waals surface area contributed by atoms with Gasteiger partial charge in [0.1, 0.15) is 33.5 Å². The van der Waals surface area contributed by atoms with E-state index in [4.69, 9.17) is 13.3 Å². The SMILES string of the molecule is O=P(c1cccc2c1oc1ccccc12)(c1cccc2c1oc1ccccc12)c1cccc2c1oc1ccccc12. The molecular formula is C36H21O4P. The topological polar surface area (TPSA) is 56.5 Å². The smallest absolute Gasteiger partial charge is 0.182 e. The molecule has 0 spiro atoms. The van der Waals surface area contributed by atoms with Crippen LogP contribution in [-0.4, -0.2) is 0 Å². The van der Waals surface area contributed by atoms with Crippen LogP contribution in [0.5, 0.6) is 0 Å². The molecule has 9 rings (SSSR count). The fourth-order valence-electron chi connectivity index (χ4n) is 6.33. The van der Waals surface area contributed by atoms with Crippen molar-refractivity contribution in [3.63, 3.8) is 0 Å². The molecular weight excluding hydrogens is 527 g/mol. The molecule has 0 atom stereocenters. The predicted molar refractivity (Wildman–Crippen MR) is 168 cm³/mol. The number of rotatable bonds is 3. The lowest BCUT2D eigenvalue weighted by atomic mass is 10.1. The summed E-state index contributed by atoms with van der Waals surface area (Å²) in [6, 6.07) is 41.5. The van der Waals surface area contributed by atoms with Gasteiger partial charge in [-0.05, 0) is 36.4 Å². The lowest BCUT2D eigenvalue weighted by molar-refractivity contribution is 0.591. The van der Waals surface area contributed by atoms with Crippen LogP contribution in [0.4, 0.5) is 0 Å². The second kappa shape index (κ2) is 8.23. The van der Waals surface area contributed by atoms with E-state index in [1.807, 2.05) is 127 Å². The third-order valence-corrected chi connectivity index (χ3v) is 11.3. The van der Waals surface area contributed by atoms with Crippen LogP contribution < -0.4 is 15.9 Å². The van der Waals surface area contributed by atoms with Gasteiger partial charge < -0.3 is 17.8 Å². The Balaban J connectivity index is 1.48. The highest BCUT2D eigenvalue weighted by molar-refractivity contribution is 7.86. The zero-order valence-corrected chi connectivity index (χ0v) is 22.6. The molecule has 9 aromatic rings. The lowest BCUT2D eigenvalue weighted by Crippen LogP contribution is -2.26. The van der Waals surface area contributed by atoms with Gasteiger partial charge in [0.2, 0.25) is 0 Å². The molecule has 0 unspecified atom stereocenters. The highest BCUT2D eigenvalue weighted by Gasteiger charge is 2.38. The molecule has 3 heterocycles. The van der Waals surface area contributed by atoms with Crippen molar-refractivity contribution in [1.82, 2.24) is 0 Å². The van der Waals surface area contributed by atoms with Gasteiger partial charge in [-0.3, -0.25) is 0 Å². The van der Waals surface area contributed by atoms with Gasteiger partial charge >= 0.3 is 0 Å². The number of fused-ring (bicyclic) bond motifs is 9. The summed E-state index contributed by atoms with van der Waals surface area (Å²) < 4.78 is 35.8. The first-order valence-corrected chi connectivity index (χ1v) is 15.2. The zero-order chi connectivity index (χ0) is 27.1. The van der Waals surface area contributed by atoms with E-state index in [1.54, 1.807) is 0 Å². The van der Waals surface area contributed by atoms with Crippen molar-refractivity contribution in [1.29, 1.82) is 0 Å². The average molecular weight is 549 g/mol. The highest BCUT2D eigenvalue weighted by Crippen LogP contribution is 2.50. The maximum atomic E-state index is 16.3. The Kier molecular flexibility index (Phi) is 4.57.